The number of hydrogen-bond donors (Lipinski definition) is 5. The first-order valence-electron chi connectivity index (χ1n) is 21.4. The topological polar surface area (TPSA) is 202 Å². The van der Waals surface area contributed by atoms with Crippen molar-refractivity contribution in [3.05, 3.63) is 99.8 Å². The average Bonchev–Trinajstić information content (AvgIpc) is 3.76. The standard InChI is InChI=1S/C47H58IN8O7/c1-30-43(31(2)55-54-30)33-15-18-35(19-16-33)52-44(58)38(32-11-8-6-7-9-12-32)27-50-45(59)40-22-24-51-56(40)29-48-34-17-20-42(49-26-34)63-37-14-10-13-36(25-37)62-28-41(57)53-39(46(60)61)21-23-47(3,4)5/h10,13-20,22,24-26,32,38-39H,6-9,11-12,21,23,27-29H2,1-5H3,(H,50,59)(H,52,58)(H,53,57)(H,54,55)(H,60,61)/q-1/t38?,39-/m0/s1. The third-order valence-electron chi connectivity index (χ3n) is 11.0. The molecule has 0 aliphatic heterocycles. The molecule has 0 radical (unpaired) electrons. The van der Waals surface area contributed by atoms with E-state index < -0.39 is 39.1 Å². The van der Waals surface area contributed by atoms with Crippen molar-refractivity contribution in [2.45, 2.75) is 96.6 Å². The Morgan fingerprint density at radius 1 is 0.968 bits per heavy atom. The molecule has 3 aromatic heterocycles. The number of H-pyrrole nitrogens is 1. The van der Waals surface area contributed by atoms with Crippen LogP contribution < -0.4 is 46.6 Å². The Bertz CT molecular complexity index is 2290. The number of nitrogens with zero attached hydrogens (tertiary/aromatic N) is 4. The molecule has 3 amide bonds. The Hall–Kier alpha value is -5.78. The van der Waals surface area contributed by atoms with Crippen molar-refractivity contribution < 1.29 is 55.0 Å². The minimum atomic E-state index is -1.08. The normalized spacial score (nSPS) is 14.3. The number of hydrogen-bond acceptors (Lipinski definition) is 9. The second-order valence-corrected chi connectivity index (χ2v) is 19.8. The van der Waals surface area contributed by atoms with E-state index in [-0.39, 0.29) is 42.2 Å². The van der Waals surface area contributed by atoms with Gasteiger partial charge in [0.25, 0.3) is 0 Å². The van der Waals surface area contributed by atoms with Gasteiger partial charge >= 0.3 is 279 Å². The maximum absolute atomic E-state index is 13.9. The number of aromatic amines is 1. The molecule has 1 fully saturated rings. The number of carboxylic acid groups (broad SMARTS) is 1. The fourth-order valence-electron chi connectivity index (χ4n) is 7.63. The number of amides is 3. The van der Waals surface area contributed by atoms with E-state index in [1.807, 2.05) is 65.0 Å². The summed E-state index contributed by atoms with van der Waals surface area (Å²) in [6.07, 6.45) is 10.7. The third-order valence-corrected chi connectivity index (χ3v) is 13.6. The van der Waals surface area contributed by atoms with Gasteiger partial charge in [-0.25, -0.2) is 4.79 Å². The number of pyridine rings is 1. The second kappa shape index (κ2) is 22.0. The van der Waals surface area contributed by atoms with Gasteiger partial charge < -0.3 is 5.11 Å². The predicted octanol–water partition coefficient (Wildman–Crippen LogP) is 4.72. The Kier molecular flexibility index (Phi) is 16.3. The monoisotopic (exact) mass is 973 g/mol. The number of rotatable bonds is 19. The average molecular weight is 974 g/mol. The van der Waals surface area contributed by atoms with E-state index in [2.05, 4.69) is 36.2 Å². The molecule has 0 bridgehead atoms. The molecular weight excluding hydrogens is 915 g/mol. The zero-order valence-electron chi connectivity index (χ0n) is 36.6. The van der Waals surface area contributed by atoms with E-state index >= 15 is 0 Å². The maximum atomic E-state index is 13.9. The Morgan fingerprint density at radius 3 is 2.38 bits per heavy atom. The van der Waals surface area contributed by atoms with Crippen molar-refractivity contribution >= 4 is 29.4 Å². The number of halogens is 1. The molecule has 0 spiro atoms. The molecule has 2 atom stereocenters. The first-order valence-corrected chi connectivity index (χ1v) is 24.0. The van der Waals surface area contributed by atoms with E-state index in [4.69, 9.17) is 9.47 Å². The summed E-state index contributed by atoms with van der Waals surface area (Å²) in [6.45, 7) is 9.89. The first-order chi connectivity index (χ1) is 30.2. The van der Waals surface area contributed by atoms with E-state index in [1.165, 1.54) is 0 Å². The summed E-state index contributed by atoms with van der Waals surface area (Å²) < 4.78 is 14.8. The SMILES string of the molecule is Cc1n[nH]c(C)c1-c1ccc(NC(=O)C(CNC(=O)c2ccnn2C[I-]c2ccc(Oc3cccc(OCC(=O)N[C@@H](CCC(C)(C)C)C(=O)O)c3)nc2)C2CCCCCC2)cc1. The summed E-state index contributed by atoms with van der Waals surface area (Å²) >= 11 is -0.634. The zero-order chi connectivity index (χ0) is 44.9. The Labute approximate surface area is 378 Å². The molecule has 1 aliphatic carbocycles. The predicted molar refractivity (Wildman–Crippen MR) is 235 cm³/mol. The summed E-state index contributed by atoms with van der Waals surface area (Å²) in [6, 6.07) is 19.0. The van der Waals surface area contributed by atoms with Gasteiger partial charge in [0.15, 0.2) is 0 Å². The first kappa shape index (κ1) is 46.7. The van der Waals surface area contributed by atoms with Crippen LogP contribution in [-0.4, -0.2) is 73.0 Å². The molecule has 15 nitrogen and oxygen atoms in total. The van der Waals surface area contributed by atoms with Crippen LogP contribution in [0.2, 0.25) is 0 Å². The van der Waals surface area contributed by atoms with Crippen LogP contribution in [0.5, 0.6) is 17.4 Å². The Balaban J connectivity index is 0.996. The number of anilines is 1. The fourth-order valence-corrected chi connectivity index (χ4v) is 9.66. The molecule has 2 aromatic carbocycles. The molecule has 5 aromatic rings. The van der Waals surface area contributed by atoms with Crippen LogP contribution in [0.15, 0.2) is 79.1 Å². The van der Waals surface area contributed by atoms with Crippen molar-refractivity contribution in [3.8, 4) is 28.5 Å². The van der Waals surface area contributed by atoms with E-state index in [9.17, 15) is 24.3 Å². The van der Waals surface area contributed by atoms with Crippen molar-refractivity contribution in [3.63, 3.8) is 0 Å². The third kappa shape index (κ3) is 13.9. The molecule has 6 rings (SSSR count). The van der Waals surface area contributed by atoms with Crippen molar-refractivity contribution in [1.82, 2.24) is 35.6 Å². The van der Waals surface area contributed by atoms with Gasteiger partial charge in [-0.2, -0.15) is 5.10 Å². The van der Waals surface area contributed by atoms with Gasteiger partial charge in [-0.15, -0.1) is 0 Å². The van der Waals surface area contributed by atoms with Gasteiger partial charge in [0.2, 0.25) is 0 Å². The molecule has 0 saturated heterocycles. The summed E-state index contributed by atoms with van der Waals surface area (Å²) in [5, 5.41) is 30.1. The number of aryl methyl sites for hydroxylation is 2. The van der Waals surface area contributed by atoms with Gasteiger partial charge in [-0.3, -0.25) is 5.10 Å². The number of aliphatic carboxylic acids is 1. The number of ether oxygens (including phenoxy) is 2. The number of nitrogens with one attached hydrogen (secondary N) is 4. The van der Waals surface area contributed by atoms with Crippen LogP contribution >= 0.6 is 0 Å². The van der Waals surface area contributed by atoms with Crippen LogP contribution in [0.1, 0.15) is 94.0 Å². The molecule has 5 N–H and O–H groups in total. The molecule has 63 heavy (non-hydrogen) atoms. The number of benzene rings is 2. The van der Waals surface area contributed by atoms with Crippen LogP contribution in [-0.2, 0) is 18.9 Å². The molecular formula is C47H58IN8O7-. The summed E-state index contributed by atoms with van der Waals surface area (Å²) in [5.41, 5.74) is 5.08. The molecule has 16 heteroatoms. The van der Waals surface area contributed by atoms with Gasteiger partial charge in [0.05, 0.1) is 5.69 Å². The van der Waals surface area contributed by atoms with Crippen molar-refractivity contribution in [2.75, 3.05) is 18.5 Å². The fraction of sp³-hybridized carbons (Fsp3) is 0.426. The molecule has 3 heterocycles. The Morgan fingerprint density at radius 2 is 1.71 bits per heavy atom. The van der Waals surface area contributed by atoms with Crippen LogP contribution in [0.25, 0.3) is 11.1 Å². The summed E-state index contributed by atoms with van der Waals surface area (Å²) in [4.78, 5) is 56.2. The number of carboxylic acids is 1. The summed E-state index contributed by atoms with van der Waals surface area (Å²) in [7, 11) is 0. The molecule has 336 valence electrons. The van der Waals surface area contributed by atoms with E-state index in [0.717, 1.165) is 64.6 Å². The van der Waals surface area contributed by atoms with Crippen molar-refractivity contribution in [1.29, 1.82) is 0 Å². The van der Waals surface area contributed by atoms with Gasteiger partial charge in [0, 0.05) is 11.3 Å². The van der Waals surface area contributed by atoms with Crippen LogP contribution in [0, 0.1) is 34.7 Å². The van der Waals surface area contributed by atoms with E-state index in [0.29, 0.717) is 46.2 Å². The quantitative estimate of drug-likeness (QED) is 0.0438. The van der Waals surface area contributed by atoms with E-state index in [1.54, 1.807) is 53.5 Å². The second-order valence-electron chi connectivity index (χ2n) is 17.2. The van der Waals surface area contributed by atoms with Crippen LogP contribution in [0.4, 0.5) is 5.69 Å². The minimum absolute atomic E-state index is 0.0600. The number of aromatic nitrogens is 5. The number of carbonyl (C=O) groups excluding carboxylic acids is 3. The molecule has 1 unspecified atom stereocenters. The summed E-state index contributed by atoms with van der Waals surface area (Å²) in [5.74, 6) is -0.997. The number of alkyl halides is 1. The zero-order valence-corrected chi connectivity index (χ0v) is 38.7. The van der Waals surface area contributed by atoms with Gasteiger partial charge in [0.1, 0.15) is 6.04 Å². The number of carbonyl (C=O) groups is 4. The molecule has 1 saturated carbocycles. The molecule has 1 aliphatic rings. The van der Waals surface area contributed by atoms with Gasteiger partial charge in [-0.05, 0) is 37.7 Å². The van der Waals surface area contributed by atoms with Gasteiger partial charge in [-0.1, -0.05) is 20.8 Å². The van der Waals surface area contributed by atoms with Crippen LogP contribution in [0.3, 0.4) is 0 Å². The van der Waals surface area contributed by atoms with Crippen molar-refractivity contribution in [2.24, 2.45) is 17.3 Å².